The van der Waals surface area contributed by atoms with Gasteiger partial charge in [-0.3, -0.25) is 10.2 Å². The van der Waals surface area contributed by atoms with Crippen molar-refractivity contribution >= 4 is 55.7 Å². The molecule has 1 amide bonds. The third-order valence-corrected chi connectivity index (χ3v) is 7.02. The summed E-state index contributed by atoms with van der Waals surface area (Å²) in [6, 6.07) is 13.6. The predicted octanol–water partition coefficient (Wildman–Crippen LogP) is 6.62. The number of carbonyl (C=O) groups is 1. The second-order valence-electron chi connectivity index (χ2n) is 9.42. The van der Waals surface area contributed by atoms with Gasteiger partial charge >= 0.3 is 0 Å². The fourth-order valence-electron chi connectivity index (χ4n) is 3.63. The third-order valence-electron chi connectivity index (χ3n) is 5.56. The number of halogens is 1. The summed E-state index contributed by atoms with van der Waals surface area (Å²) < 4.78 is 12.7. The van der Waals surface area contributed by atoms with Crippen LogP contribution < -0.4 is 9.47 Å². The molecule has 0 fully saturated rings. The number of ether oxygens (including phenoxy) is 2. The minimum atomic E-state index is -0.459. The van der Waals surface area contributed by atoms with Crippen molar-refractivity contribution < 1.29 is 14.3 Å². The summed E-state index contributed by atoms with van der Waals surface area (Å²) in [4.78, 5) is 16.9. The molecule has 0 radical (unpaired) electrons. The molecule has 0 unspecified atom stereocenters. The molecular formula is C27H29BrN4O3S. The fourth-order valence-corrected chi connectivity index (χ4v) is 4.99. The second kappa shape index (κ2) is 11.0. The second-order valence-corrected chi connectivity index (χ2v) is 11.4. The van der Waals surface area contributed by atoms with Crippen molar-refractivity contribution in [1.82, 2.24) is 5.01 Å². The van der Waals surface area contributed by atoms with Crippen LogP contribution in [0.4, 0.5) is 0 Å². The van der Waals surface area contributed by atoms with Crippen LogP contribution in [0.2, 0.25) is 0 Å². The van der Waals surface area contributed by atoms with Crippen molar-refractivity contribution in [2.45, 2.75) is 46.0 Å². The Morgan fingerprint density at radius 3 is 2.53 bits per heavy atom. The van der Waals surface area contributed by atoms with Gasteiger partial charge in [0.25, 0.3) is 5.91 Å². The minimum absolute atomic E-state index is 0.0107. The van der Waals surface area contributed by atoms with E-state index < -0.39 is 5.91 Å². The van der Waals surface area contributed by atoms with Crippen molar-refractivity contribution in [1.29, 1.82) is 5.41 Å². The van der Waals surface area contributed by atoms with Gasteiger partial charge in [-0.1, -0.05) is 55.8 Å². The standard InChI is InChI=1S/C27H29BrN4O3S/c1-5-6-23-31-32-24(29)21(25(33)30-26(32)36-23)16-17-15-19(28)9-12-22(17)35-14-13-34-20-10-7-18(8-11-20)27(2,3)4/h7-12,15-16,29H,5-6,13-14H2,1-4H3. The highest BCUT2D eigenvalue weighted by Crippen LogP contribution is 2.32. The van der Waals surface area contributed by atoms with Gasteiger partial charge in [0, 0.05) is 10.0 Å². The van der Waals surface area contributed by atoms with Crippen molar-refractivity contribution in [3.05, 3.63) is 63.6 Å². The van der Waals surface area contributed by atoms with E-state index in [-0.39, 0.29) is 16.8 Å². The van der Waals surface area contributed by atoms with E-state index in [4.69, 9.17) is 14.9 Å². The van der Waals surface area contributed by atoms with E-state index in [1.165, 1.54) is 22.3 Å². The number of rotatable bonds is 8. The number of amides is 1. The fraction of sp³-hybridized carbons (Fsp3) is 0.333. The Bertz CT molecular complexity index is 1260. The molecule has 2 heterocycles. The van der Waals surface area contributed by atoms with Crippen molar-refractivity contribution in [3.63, 3.8) is 0 Å². The van der Waals surface area contributed by atoms with E-state index in [0.717, 1.165) is 28.1 Å². The van der Waals surface area contributed by atoms with Gasteiger partial charge in [-0.15, -0.1) is 0 Å². The first-order valence-corrected chi connectivity index (χ1v) is 13.4. The van der Waals surface area contributed by atoms with Crippen molar-refractivity contribution in [2.75, 3.05) is 13.2 Å². The molecule has 0 spiro atoms. The number of carbonyl (C=O) groups excluding carboxylic acids is 1. The molecule has 2 aliphatic rings. The molecular weight excluding hydrogens is 540 g/mol. The first-order valence-electron chi connectivity index (χ1n) is 11.8. The highest BCUT2D eigenvalue weighted by Gasteiger charge is 2.35. The number of benzene rings is 2. The highest BCUT2D eigenvalue weighted by molar-refractivity contribution is 9.10. The molecule has 2 aromatic carbocycles. The summed E-state index contributed by atoms with van der Waals surface area (Å²) >= 11 is 4.83. The lowest BCUT2D eigenvalue weighted by Gasteiger charge is -2.20. The van der Waals surface area contributed by atoms with Crippen LogP contribution in [-0.4, -0.2) is 40.2 Å². The zero-order valence-electron chi connectivity index (χ0n) is 20.8. The van der Waals surface area contributed by atoms with E-state index in [9.17, 15) is 4.79 Å². The van der Waals surface area contributed by atoms with Crippen LogP contribution in [0.1, 0.15) is 51.7 Å². The molecule has 0 aromatic heterocycles. The normalized spacial score (nSPS) is 16.7. The summed E-state index contributed by atoms with van der Waals surface area (Å²) in [6.45, 7) is 9.28. The van der Waals surface area contributed by atoms with Crippen LogP contribution in [0.25, 0.3) is 6.08 Å². The summed E-state index contributed by atoms with van der Waals surface area (Å²) in [5.41, 5.74) is 2.17. The number of hydrazone groups is 1. The van der Waals surface area contributed by atoms with Gasteiger partial charge in [-0.2, -0.15) is 15.1 Å². The van der Waals surface area contributed by atoms with Gasteiger partial charge in [0.05, 0.1) is 5.57 Å². The number of fused-ring (bicyclic) bond motifs is 1. The molecule has 0 bridgehead atoms. The Balaban J connectivity index is 1.45. The number of nitrogens with zero attached hydrogens (tertiary/aromatic N) is 3. The largest absolute Gasteiger partial charge is 0.490 e. The quantitative estimate of drug-likeness (QED) is 0.285. The lowest BCUT2D eigenvalue weighted by molar-refractivity contribution is -0.114. The molecule has 36 heavy (non-hydrogen) atoms. The maximum Gasteiger partial charge on any atom is 0.283 e. The molecule has 0 atom stereocenters. The van der Waals surface area contributed by atoms with Gasteiger partial charge in [0.2, 0.25) is 5.17 Å². The van der Waals surface area contributed by atoms with Crippen LogP contribution in [-0.2, 0) is 10.2 Å². The van der Waals surface area contributed by atoms with E-state index >= 15 is 0 Å². The van der Waals surface area contributed by atoms with Crippen LogP contribution in [0.3, 0.4) is 0 Å². The smallest absolute Gasteiger partial charge is 0.283 e. The molecule has 0 aliphatic carbocycles. The van der Waals surface area contributed by atoms with Crippen LogP contribution in [0, 0.1) is 5.41 Å². The maximum atomic E-state index is 12.8. The number of amidine groups is 2. The van der Waals surface area contributed by atoms with Crippen LogP contribution >= 0.6 is 27.7 Å². The Morgan fingerprint density at radius 1 is 1.11 bits per heavy atom. The van der Waals surface area contributed by atoms with Crippen molar-refractivity contribution in [2.24, 2.45) is 10.1 Å². The summed E-state index contributed by atoms with van der Waals surface area (Å²) in [7, 11) is 0. The zero-order chi connectivity index (χ0) is 25.9. The van der Waals surface area contributed by atoms with Crippen LogP contribution in [0.15, 0.2) is 62.6 Å². The number of aliphatic imine (C=N–C) groups is 1. The molecule has 188 valence electrons. The molecule has 1 N–H and O–H groups in total. The van der Waals surface area contributed by atoms with Gasteiger partial charge in [0.1, 0.15) is 29.8 Å². The molecule has 2 aliphatic heterocycles. The average Bonchev–Trinajstić information content (AvgIpc) is 3.23. The highest BCUT2D eigenvalue weighted by atomic mass is 79.9. The minimum Gasteiger partial charge on any atom is -0.490 e. The van der Waals surface area contributed by atoms with Gasteiger partial charge in [0.15, 0.2) is 5.84 Å². The summed E-state index contributed by atoms with van der Waals surface area (Å²) in [5, 5.41) is 15.8. The number of thioether (sulfide) groups is 1. The first-order chi connectivity index (χ1) is 17.2. The lowest BCUT2D eigenvalue weighted by atomic mass is 9.87. The maximum absolute atomic E-state index is 12.8. The Hall–Kier alpha value is -2.91. The predicted molar refractivity (Wildman–Crippen MR) is 150 cm³/mol. The summed E-state index contributed by atoms with van der Waals surface area (Å²) in [6.07, 6.45) is 3.35. The number of nitrogens with one attached hydrogen (secondary N) is 1. The third kappa shape index (κ3) is 6.07. The lowest BCUT2D eigenvalue weighted by Crippen LogP contribution is -2.35. The molecule has 9 heteroatoms. The van der Waals surface area contributed by atoms with E-state index in [1.807, 2.05) is 30.3 Å². The molecule has 4 rings (SSSR count). The van der Waals surface area contributed by atoms with Crippen molar-refractivity contribution in [3.8, 4) is 11.5 Å². The van der Waals surface area contributed by atoms with Crippen LogP contribution in [0.5, 0.6) is 11.5 Å². The molecule has 2 aromatic rings. The van der Waals surface area contributed by atoms with E-state index in [1.54, 1.807) is 6.08 Å². The Kier molecular flexibility index (Phi) is 8.00. The number of hydrogen-bond donors (Lipinski definition) is 1. The number of hydrogen-bond acceptors (Lipinski definition) is 6. The van der Waals surface area contributed by atoms with Gasteiger partial charge in [-0.05, 0) is 72.0 Å². The summed E-state index contributed by atoms with van der Waals surface area (Å²) in [5.74, 6) is 0.918. The topological polar surface area (TPSA) is 87.3 Å². The average molecular weight is 570 g/mol. The van der Waals surface area contributed by atoms with Gasteiger partial charge in [-0.25, -0.2) is 0 Å². The zero-order valence-corrected chi connectivity index (χ0v) is 23.2. The molecule has 0 saturated heterocycles. The molecule has 0 saturated carbocycles. The van der Waals surface area contributed by atoms with Gasteiger partial charge < -0.3 is 9.47 Å². The van der Waals surface area contributed by atoms with E-state index in [0.29, 0.717) is 29.7 Å². The molecule has 7 nitrogen and oxygen atoms in total. The first kappa shape index (κ1) is 26.2. The Labute approximate surface area is 224 Å². The monoisotopic (exact) mass is 568 g/mol. The SMILES string of the molecule is CCCC1=NN2C(=N)C(=Cc3cc(Br)ccc3OCCOc3ccc(C(C)(C)C)cc3)C(=O)N=C2S1. The Morgan fingerprint density at radius 2 is 1.83 bits per heavy atom. The van der Waals surface area contributed by atoms with E-state index in [2.05, 4.69) is 65.9 Å².